The van der Waals surface area contributed by atoms with E-state index in [1.165, 1.54) is 0 Å². The average Bonchev–Trinajstić information content (AvgIpc) is 2.52. The largest absolute Gasteiger partial charge is 0.493 e. The van der Waals surface area contributed by atoms with Crippen molar-refractivity contribution in [3.63, 3.8) is 0 Å². The summed E-state index contributed by atoms with van der Waals surface area (Å²) in [6, 6.07) is 7.51. The van der Waals surface area contributed by atoms with Gasteiger partial charge in [-0.05, 0) is 49.9 Å². The van der Waals surface area contributed by atoms with Gasteiger partial charge in [-0.15, -0.1) is 0 Å². The third kappa shape index (κ3) is 5.69. The Morgan fingerprint density at radius 1 is 0.600 bits per heavy atom. The van der Waals surface area contributed by atoms with E-state index in [4.69, 9.17) is 9.47 Å². The van der Waals surface area contributed by atoms with E-state index < -0.39 is 0 Å². The average molecular weight is 272 g/mol. The second kappa shape index (κ2) is 8.91. The van der Waals surface area contributed by atoms with Crippen LogP contribution in [0.25, 0.3) is 0 Å². The summed E-state index contributed by atoms with van der Waals surface area (Å²) < 4.78 is 11.2. The summed E-state index contributed by atoms with van der Waals surface area (Å²) >= 11 is 0. The maximum absolute atomic E-state index is 5.60. The standard InChI is InChI=1S/C16H20N2O2/c1(3-13-19-15-5-9-17-10-6-15)2-4-14-20-16-7-11-18-12-8-16/h5-12H,1-4,13-14H2. The van der Waals surface area contributed by atoms with Gasteiger partial charge in [-0.2, -0.15) is 0 Å². The Kier molecular flexibility index (Phi) is 6.37. The van der Waals surface area contributed by atoms with E-state index >= 15 is 0 Å². The van der Waals surface area contributed by atoms with Crippen LogP contribution in [0.3, 0.4) is 0 Å². The third-order valence-corrected chi connectivity index (χ3v) is 2.88. The molecule has 0 radical (unpaired) electrons. The van der Waals surface area contributed by atoms with Gasteiger partial charge in [0.1, 0.15) is 11.5 Å². The van der Waals surface area contributed by atoms with Crippen LogP contribution < -0.4 is 9.47 Å². The lowest BCUT2D eigenvalue weighted by molar-refractivity contribution is 0.287. The van der Waals surface area contributed by atoms with Crippen LogP contribution in [-0.4, -0.2) is 23.2 Å². The topological polar surface area (TPSA) is 44.2 Å². The molecule has 2 heterocycles. The Morgan fingerprint density at radius 2 is 1.00 bits per heavy atom. The van der Waals surface area contributed by atoms with E-state index in [-0.39, 0.29) is 0 Å². The van der Waals surface area contributed by atoms with Gasteiger partial charge < -0.3 is 9.47 Å². The monoisotopic (exact) mass is 272 g/mol. The second-order valence-electron chi connectivity index (χ2n) is 4.48. The maximum Gasteiger partial charge on any atom is 0.122 e. The van der Waals surface area contributed by atoms with E-state index in [1.54, 1.807) is 24.8 Å². The summed E-state index contributed by atoms with van der Waals surface area (Å²) in [4.78, 5) is 7.90. The summed E-state index contributed by atoms with van der Waals surface area (Å²) in [6.07, 6.45) is 11.4. The van der Waals surface area contributed by atoms with Crippen LogP contribution >= 0.6 is 0 Å². The van der Waals surface area contributed by atoms with Crippen molar-refractivity contribution < 1.29 is 9.47 Å². The van der Waals surface area contributed by atoms with Gasteiger partial charge in [0.05, 0.1) is 13.2 Å². The number of ether oxygens (including phenoxy) is 2. The van der Waals surface area contributed by atoms with E-state index in [0.29, 0.717) is 0 Å². The molecule has 106 valence electrons. The first-order chi connectivity index (χ1) is 9.95. The van der Waals surface area contributed by atoms with Crippen molar-refractivity contribution in [2.24, 2.45) is 0 Å². The van der Waals surface area contributed by atoms with Crippen molar-refractivity contribution in [2.45, 2.75) is 25.7 Å². The molecule has 4 heteroatoms. The maximum atomic E-state index is 5.60. The highest BCUT2D eigenvalue weighted by molar-refractivity contribution is 5.17. The minimum absolute atomic E-state index is 0.759. The summed E-state index contributed by atoms with van der Waals surface area (Å²) in [5.41, 5.74) is 0. The fraction of sp³-hybridized carbons (Fsp3) is 0.375. The molecule has 0 unspecified atom stereocenters. The molecule has 0 saturated carbocycles. The molecule has 0 amide bonds. The Morgan fingerprint density at radius 3 is 1.40 bits per heavy atom. The summed E-state index contributed by atoms with van der Waals surface area (Å²) in [6.45, 7) is 1.52. The van der Waals surface area contributed by atoms with Crippen molar-refractivity contribution in [1.29, 1.82) is 0 Å². The fourth-order valence-corrected chi connectivity index (χ4v) is 1.81. The molecule has 0 aromatic carbocycles. The lowest BCUT2D eigenvalue weighted by atomic mass is 10.2. The van der Waals surface area contributed by atoms with Crippen LogP contribution in [-0.2, 0) is 0 Å². The molecular formula is C16H20N2O2. The number of hydrogen-bond acceptors (Lipinski definition) is 4. The number of pyridine rings is 2. The van der Waals surface area contributed by atoms with Crippen LogP contribution in [0.5, 0.6) is 11.5 Å². The van der Waals surface area contributed by atoms with E-state index in [9.17, 15) is 0 Å². The van der Waals surface area contributed by atoms with Crippen LogP contribution in [0.1, 0.15) is 25.7 Å². The first-order valence-electron chi connectivity index (χ1n) is 7.01. The minimum atomic E-state index is 0.759. The smallest absolute Gasteiger partial charge is 0.122 e. The highest BCUT2D eigenvalue weighted by Gasteiger charge is 1.95. The first kappa shape index (κ1) is 14.3. The van der Waals surface area contributed by atoms with Gasteiger partial charge >= 0.3 is 0 Å². The van der Waals surface area contributed by atoms with Crippen LogP contribution in [0.15, 0.2) is 49.1 Å². The molecule has 20 heavy (non-hydrogen) atoms. The molecule has 0 fully saturated rings. The lowest BCUT2D eigenvalue weighted by Crippen LogP contribution is -1.99. The van der Waals surface area contributed by atoms with Gasteiger partial charge in [-0.1, -0.05) is 0 Å². The number of aromatic nitrogens is 2. The number of nitrogens with zero attached hydrogens (tertiary/aromatic N) is 2. The van der Waals surface area contributed by atoms with Gasteiger partial charge in [0.2, 0.25) is 0 Å². The van der Waals surface area contributed by atoms with E-state index in [0.717, 1.165) is 50.4 Å². The Balaban J connectivity index is 1.44. The molecule has 0 saturated heterocycles. The number of rotatable bonds is 9. The normalized spacial score (nSPS) is 10.2. The molecule has 0 atom stereocenters. The minimum Gasteiger partial charge on any atom is -0.493 e. The number of unbranched alkanes of at least 4 members (excludes halogenated alkanes) is 3. The van der Waals surface area contributed by atoms with Gasteiger partial charge in [-0.25, -0.2) is 0 Å². The SMILES string of the molecule is c1cc(OCCCCCCOc2ccncc2)ccn1. The molecular weight excluding hydrogens is 252 g/mol. The molecule has 0 aliphatic rings. The van der Waals surface area contributed by atoms with Gasteiger partial charge in [0.15, 0.2) is 0 Å². The predicted octanol–water partition coefficient (Wildman–Crippen LogP) is 3.49. The fourth-order valence-electron chi connectivity index (χ4n) is 1.81. The van der Waals surface area contributed by atoms with Crippen molar-refractivity contribution in [3.05, 3.63) is 49.1 Å². The lowest BCUT2D eigenvalue weighted by Gasteiger charge is -2.06. The summed E-state index contributed by atoms with van der Waals surface area (Å²) in [5, 5.41) is 0. The van der Waals surface area contributed by atoms with Crippen LogP contribution in [0.2, 0.25) is 0 Å². The predicted molar refractivity (Wildman–Crippen MR) is 77.9 cm³/mol. The summed E-state index contributed by atoms with van der Waals surface area (Å²) in [7, 11) is 0. The molecule has 0 bridgehead atoms. The first-order valence-corrected chi connectivity index (χ1v) is 7.01. The zero-order valence-corrected chi connectivity index (χ0v) is 11.6. The molecule has 0 spiro atoms. The van der Waals surface area contributed by atoms with Crippen LogP contribution in [0.4, 0.5) is 0 Å². The molecule has 2 aromatic heterocycles. The van der Waals surface area contributed by atoms with Gasteiger partial charge in [-0.3, -0.25) is 9.97 Å². The van der Waals surface area contributed by atoms with Crippen molar-refractivity contribution in [2.75, 3.05) is 13.2 Å². The molecule has 0 aliphatic carbocycles. The Labute approximate surface area is 119 Å². The Bertz CT molecular complexity index is 417. The van der Waals surface area contributed by atoms with Crippen LogP contribution in [0, 0.1) is 0 Å². The number of hydrogen-bond donors (Lipinski definition) is 0. The molecule has 2 rings (SSSR count). The zero-order chi connectivity index (χ0) is 13.9. The second-order valence-corrected chi connectivity index (χ2v) is 4.48. The quantitative estimate of drug-likeness (QED) is 0.655. The highest BCUT2D eigenvalue weighted by Crippen LogP contribution is 2.10. The molecule has 0 aliphatic heterocycles. The van der Waals surface area contributed by atoms with Gasteiger partial charge in [0, 0.05) is 24.8 Å². The summed E-state index contributed by atoms with van der Waals surface area (Å²) in [5.74, 6) is 1.78. The molecule has 0 N–H and O–H groups in total. The van der Waals surface area contributed by atoms with E-state index in [2.05, 4.69) is 9.97 Å². The van der Waals surface area contributed by atoms with E-state index in [1.807, 2.05) is 24.3 Å². The van der Waals surface area contributed by atoms with Crippen molar-refractivity contribution in [1.82, 2.24) is 9.97 Å². The zero-order valence-electron chi connectivity index (χ0n) is 11.6. The molecule has 2 aromatic rings. The van der Waals surface area contributed by atoms with Gasteiger partial charge in [0.25, 0.3) is 0 Å². The third-order valence-electron chi connectivity index (χ3n) is 2.88. The molecule has 4 nitrogen and oxygen atoms in total. The Hall–Kier alpha value is -2.10. The van der Waals surface area contributed by atoms with Crippen molar-refractivity contribution in [3.8, 4) is 11.5 Å². The van der Waals surface area contributed by atoms with Crippen molar-refractivity contribution >= 4 is 0 Å². The highest BCUT2D eigenvalue weighted by atomic mass is 16.5.